The first-order chi connectivity index (χ1) is 9.60. The van der Waals surface area contributed by atoms with E-state index in [1.165, 1.54) is 18.3 Å². The summed E-state index contributed by atoms with van der Waals surface area (Å²) in [6, 6.07) is 2.66. The molecule has 0 spiro atoms. The zero-order valence-electron chi connectivity index (χ0n) is 9.82. The summed E-state index contributed by atoms with van der Waals surface area (Å²) >= 11 is 1.95. The van der Waals surface area contributed by atoms with Gasteiger partial charge in [-0.3, -0.25) is 20.2 Å². The monoisotopic (exact) mass is 309 g/mol. The van der Waals surface area contributed by atoms with Crippen molar-refractivity contribution < 1.29 is 14.8 Å². The molecule has 20 heavy (non-hydrogen) atoms. The fourth-order valence-corrected chi connectivity index (χ4v) is 2.62. The van der Waals surface area contributed by atoms with Gasteiger partial charge in [0.2, 0.25) is 0 Å². The number of aromatic nitrogens is 1. The molecule has 7 nitrogen and oxygen atoms in total. The SMILES string of the molecule is O=C(Nc1ncc(C#CCO)s1)c1ccc([N+](=O)[O-])s1. The number of nitro groups is 1. The summed E-state index contributed by atoms with van der Waals surface area (Å²) in [7, 11) is 0. The average molecular weight is 309 g/mol. The van der Waals surface area contributed by atoms with E-state index in [4.69, 9.17) is 5.11 Å². The van der Waals surface area contributed by atoms with Gasteiger partial charge in [-0.2, -0.15) is 0 Å². The molecule has 0 fully saturated rings. The van der Waals surface area contributed by atoms with Crippen LogP contribution >= 0.6 is 22.7 Å². The molecule has 0 aliphatic carbocycles. The largest absolute Gasteiger partial charge is 0.384 e. The molecule has 2 N–H and O–H groups in total. The van der Waals surface area contributed by atoms with Gasteiger partial charge in [-0.15, -0.1) is 0 Å². The third kappa shape index (κ3) is 3.39. The van der Waals surface area contributed by atoms with Gasteiger partial charge >= 0.3 is 5.00 Å². The van der Waals surface area contributed by atoms with Gasteiger partial charge in [-0.05, 0) is 6.07 Å². The first-order valence-corrected chi connectivity index (χ1v) is 6.84. The maximum atomic E-state index is 11.8. The Labute approximate surface area is 121 Å². The second kappa shape index (κ2) is 6.25. The fraction of sp³-hybridized carbons (Fsp3) is 0.0909. The van der Waals surface area contributed by atoms with E-state index in [2.05, 4.69) is 22.1 Å². The summed E-state index contributed by atoms with van der Waals surface area (Å²) in [4.78, 5) is 26.6. The molecule has 0 radical (unpaired) electrons. The van der Waals surface area contributed by atoms with Gasteiger partial charge in [0, 0.05) is 6.07 Å². The Kier molecular flexibility index (Phi) is 4.41. The van der Waals surface area contributed by atoms with Crippen molar-refractivity contribution in [2.45, 2.75) is 0 Å². The maximum absolute atomic E-state index is 11.8. The Morgan fingerprint density at radius 2 is 2.30 bits per heavy atom. The van der Waals surface area contributed by atoms with Crippen LogP contribution in [0.5, 0.6) is 0 Å². The van der Waals surface area contributed by atoms with Crippen LogP contribution in [0.2, 0.25) is 0 Å². The van der Waals surface area contributed by atoms with Crippen LogP contribution in [-0.2, 0) is 0 Å². The lowest BCUT2D eigenvalue weighted by atomic mass is 10.4. The van der Waals surface area contributed by atoms with Gasteiger partial charge in [0.1, 0.15) is 6.61 Å². The standard InChI is InChI=1S/C11H7N3O4S2/c15-5-1-2-7-6-12-11(19-7)13-10(16)8-3-4-9(20-8)14(17)18/h3-4,6,15H,5H2,(H,12,13,16). The number of rotatable bonds is 3. The molecule has 0 aliphatic rings. The van der Waals surface area contributed by atoms with Gasteiger partial charge in [0.25, 0.3) is 5.91 Å². The number of nitrogens with zero attached hydrogens (tertiary/aromatic N) is 2. The molecule has 2 aromatic rings. The Morgan fingerprint density at radius 3 is 2.95 bits per heavy atom. The van der Waals surface area contributed by atoms with Crippen molar-refractivity contribution in [3.63, 3.8) is 0 Å². The van der Waals surface area contributed by atoms with Gasteiger partial charge in [0.05, 0.1) is 20.9 Å². The van der Waals surface area contributed by atoms with Gasteiger partial charge in [0.15, 0.2) is 5.13 Å². The van der Waals surface area contributed by atoms with E-state index in [1.807, 2.05) is 0 Å². The molecule has 0 aromatic carbocycles. The minimum Gasteiger partial charge on any atom is -0.384 e. The summed E-state index contributed by atoms with van der Waals surface area (Å²) in [6.45, 7) is -0.252. The molecular formula is C11H7N3O4S2. The lowest BCUT2D eigenvalue weighted by Crippen LogP contribution is -2.09. The molecule has 0 atom stereocenters. The van der Waals surface area contributed by atoms with E-state index < -0.39 is 10.8 Å². The van der Waals surface area contributed by atoms with E-state index in [-0.39, 0.29) is 16.5 Å². The maximum Gasteiger partial charge on any atom is 0.324 e. The van der Waals surface area contributed by atoms with Crippen LogP contribution in [0.25, 0.3) is 0 Å². The van der Waals surface area contributed by atoms with Gasteiger partial charge < -0.3 is 5.11 Å². The number of hydrogen-bond acceptors (Lipinski definition) is 7. The highest BCUT2D eigenvalue weighted by molar-refractivity contribution is 7.18. The summed E-state index contributed by atoms with van der Waals surface area (Å²) in [5.41, 5.74) is 0. The molecule has 0 saturated heterocycles. The molecule has 102 valence electrons. The van der Waals surface area contributed by atoms with Crippen molar-refractivity contribution >= 4 is 38.7 Å². The van der Waals surface area contributed by atoms with Crippen molar-refractivity contribution in [2.24, 2.45) is 0 Å². The molecule has 0 bridgehead atoms. The smallest absolute Gasteiger partial charge is 0.324 e. The topological polar surface area (TPSA) is 105 Å². The molecule has 2 heterocycles. The Balaban J connectivity index is 2.07. The molecule has 2 aromatic heterocycles. The fourth-order valence-electron chi connectivity index (χ4n) is 1.22. The van der Waals surface area contributed by atoms with Crippen LogP contribution in [0.1, 0.15) is 14.5 Å². The number of carbonyl (C=O) groups is 1. The third-order valence-corrected chi connectivity index (χ3v) is 3.88. The molecule has 9 heteroatoms. The predicted molar refractivity (Wildman–Crippen MR) is 75.0 cm³/mol. The molecule has 1 amide bonds. The number of thiazole rings is 1. The van der Waals surface area contributed by atoms with Crippen molar-refractivity contribution in [2.75, 3.05) is 11.9 Å². The second-order valence-corrected chi connectivity index (χ2v) is 5.43. The van der Waals surface area contributed by atoms with Gasteiger partial charge in [-0.25, -0.2) is 4.98 Å². The Hall–Kier alpha value is -2.28. The number of aliphatic hydroxyl groups is 1. The zero-order chi connectivity index (χ0) is 14.5. The number of anilines is 1. The van der Waals surface area contributed by atoms with Crippen molar-refractivity contribution in [3.8, 4) is 11.8 Å². The Morgan fingerprint density at radius 1 is 1.50 bits per heavy atom. The molecule has 0 saturated carbocycles. The van der Waals surface area contributed by atoms with Crippen LogP contribution < -0.4 is 5.32 Å². The van der Waals surface area contributed by atoms with E-state index >= 15 is 0 Å². The zero-order valence-corrected chi connectivity index (χ0v) is 11.5. The summed E-state index contributed by atoms with van der Waals surface area (Å²) < 4.78 is 0. The van der Waals surface area contributed by atoms with Crippen molar-refractivity contribution in [1.29, 1.82) is 0 Å². The summed E-state index contributed by atoms with van der Waals surface area (Å²) in [5.74, 6) is 4.67. The highest BCUT2D eigenvalue weighted by Crippen LogP contribution is 2.25. The highest BCUT2D eigenvalue weighted by atomic mass is 32.1. The predicted octanol–water partition coefficient (Wildman–Crippen LogP) is 1.71. The summed E-state index contributed by atoms with van der Waals surface area (Å²) in [6.07, 6.45) is 1.47. The van der Waals surface area contributed by atoms with Crippen LogP contribution in [0.4, 0.5) is 10.1 Å². The number of nitrogens with one attached hydrogen (secondary N) is 1. The number of hydrogen-bond donors (Lipinski definition) is 2. The molecular weight excluding hydrogens is 302 g/mol. The van der Waals surface area contributed by atoms with Crippen LogP contribution in [-0.4, -0.2) is 27.5 Å². The normalized spacial score (nSPS) is 9.65. The lowest BCUT2D eigenvalue weighted by molar-refractivity contribution is -0.380. The number of aliphatic hydroxyl groups excluding tert-OH is 1. The minimum atomic E-state index is -0.548. The average Bonchev–Trinajstić information content (AvgIpc) is 3.05. The van der Waals surface area contributed by atoms with E-state index in [1.54, 1.807) is 0 Å². The van der Waals surface area contributed by atoms with Crippen molar-refractivity contribution in [1.82, 2.24) is 4.98 Å². The molecule has 2 rings (SSSR count). The van der Waals surface area contributed by atoms with Gasteiger partial charge in [-0.1, -0.05) is 34.5 Å². The minimum absolute atomic E-state index is 0.0937. The molecule has 0 aliphatic heterocycles. The summed E-state index contributed by atoms with van der Waals surface area (Å²) in [5, 5.41) is 21.9. The quantitative estimate of drug-likeness (QED) is 0.510. The van der Waals surface area contributed by atoms with Crippen LogP contribution in [0.3, 0.4) is 0 Å². The van der Waals surface area contributed by atoms with Crippen LogP contribution in [0, 0.1) is 22.0 Å². The van der Waals surface area contributed by atoms with E-state index in [9.17, 15) is 14.9 Å². The highest BCUT2D eigenvalue weighted by Gasteiger charge is 2.16. The number of amides is 1. The first-order valence-electron chi connectivity index (χ1n) is 5.21. The third-order valence-electron chi connectivity index (χ3n) is 2.01. The number of thiophene rings is 1. The Bertz CT molecular complexity index is 711. The van der Waals surface area contributed by atoms with Crippen molar-refractivity contribution in [3.05, 3.63) is 38.2 Å². The van der Waals surface area contributed by atoms with Crippen LogP contribution in [0.15, 0.2) is 18.3 Å². The molecule has 0 unspecified atom stereocenters. The lowest BCUT2D eigenvalue weighted by Gasteiger charge is -1.96. The number of carbonyl (C=O) groups excluding carboxylic acids is 1. The second-order valence-electron chi connectivity index (χ2n) is 3.34. The first kappa shape index (κ1) is 14.1. The van der Waals surface area contributed by atoms with E-state index in [0.29, 0.717) is 10.0 Å². The van der Waals surface area contributed by atoms with E-state index in [0.717, 1.165) is 22.7 Å².